The predicted molar refractivity (Wildman–Crippen MR) is 101 cm³/mol. The van der Waals surface area contributed by atoms with Crippen LogP contribution in [0.15, 0.2) is 36.4 Å². The third-order valence-corrected chi connectivity index (χ3v) is 5.43. The van der Waals surface area contributed by atoms with Gasteiger partial charge in [-0.3, -0.25) is 4.79 Å². The molecule has 0 unspecified atom stereocenters. The van der Waals surface area contributed by atoms with Crippen LogP contribution in [0, 0.1) is 11.7 Å². The Bertz CT molecular complexity index is 992. The fraction of sp³-hybridized carbons (Fsp3) is 0.278. The number of phenols is 1. The number of carbonyl (C=O) groups excluding carboxylic acids is 1. The minimum Gasteiger partial charge on any atom is -0.506 e. The van der Waals surface area contributed by atoms with Gasteiger partial charge >= 0.3 is 10.2 Å². The molecule has 1 aliphatic heterocycles. The number of amides is 1. The van der Waals surface area contributed by atoms with E-state index in [4.69, 9.17) is 0 Å². The van der Waals surface area contributed by atoms with Crippen LogP contribution >= 0.6 is 0 Å². The Morgan fingerprint density at radius 1 is 1.30 bits per heavy atom. The molecule has 144 valence electrons. The Kier molecular flexibility index (Phi) is 4.97. The predicted octanol–water partition coefficient (Wildman–Crippen LogP) is 2.45. The number of carbonyl (C=O) groups is 1. The minimum absolute atomic E-state index is 0.116. The second kappa shape index (κ2) is 7.07. The van der Waals surface area contributed by atoms with Crippen molar-refractivity contribution in [3.05, 3.63) is 42.2 Å². The van der Waals surface area contributed by atoms with Gasteiger partial charge in [0.05, 0.1) is 0 Å². The first-order valence-corrected chi connectivity index (χ1v) is 9.82. The van der Waals surface area contributed by atoms with Crippen molar-refractivity contribution >= 4 is 27.5 Å². The number of halogens is 1. The van der Waals surface area contributed by atoms with E-state index in [0.717, 1.165) is 12.2 Å². The summed E-state index contributed by atoms with van der Waals surface area (Å²) in [7, 11) is -4.24. The highest BCUT2D eigenvalue weighted by Gasteiger charge is 2.37. The summed E-state index contributed by atoms with van der Waals surface area (Å²) in [5.41, 5.74) is 0.871. The summed E-state index contributed by atoms with van der Waals surface area (Å²) in [5.74, 6) is -1.85. The average molecular weight is 393 g/mol. The van der Waals surface area contributed by atoms with Gasteiger partial charge in [-0.1, -0.05) is 26.0 Å². The quantitative estimate of drug-likeness (QED) is 0.725. The number of nitrogens with zero attached hydrogens (tertiary/aromatic N) is 1. The van der Waals surface area contributed by atoms with Gasteiger partial charge in [0.25, 0.3) is 5.91 Å². The summed E-state index contributed by atoms with van der Waals surface area (Å²) in [5, 5.41) is 13.3. The number of nitrogens with one attached hydrogen (secondary N) is 2. The van der Waals surface area contributed by atoms with Crippen molar-refractivity contribution in [3.8, 4) is 16.9 Å². The first-order valence-electron chi connectivity index (χ1n) is 8.38. The van der Waals surface area contributed by atoms with E-state index in [1.807, 2.05) is 6.07 Å². The Labute approximate surface area is 157 Å². The molecule has 1 aliphatic rings. The summed E-state index contributed by atoms with van der Waals surface area (Å²) in [4.78, 5) is 11.4. The van der Waals surface area contributed by atoms with Crippen LogP contribution in [0.3, 0.4) is 0 Å². The van der Waals surface area contributed by atoms with E-state index in [-0.39, 0.29) is 5.56 Å². The van der Waals surface area contributed by atoms with Crippen LogP contribution < -0.4 is 14.3 Å². The Morgan fingerprint density at radius 3 is 2.67 bits per heavy atom. The zero-order valence-electron chi connectivity index (χ0n) is 14.9. The molecule has 0 atom stereocenters. The van der Waals surface area contributed by atoms with E-state index in [1.54, 1.807) is 22.9 Å². The molecule has 3 rings (SSSR count). The molecule has 1 fully saturated rings. The number of rotatable bonds is 5. The summed E-state index contributed by atoms with van der Waals surface area (Å²) in [6.07, 6.45) is 0. The lowest BCUT2D eigenvalue weighted by atomic mass is 10.0. The molecule has 0 aromatic heterocycles. The highest BCUT2D eigenvalue weighted by Crippen LogP contribution is 2.39. The van der Waals surface area contributed by atoms with Crippen LogP contribution in [0.25, 0.3) is 11.1 Å². The fourth-order valence-corrected chi connectivity index (χ4v) is 3.94. The summed E-state index contributed by atoms with van der Waals surface area (Å²) in [6.45, 7) is 4.28. The molecule has 0 saturated carbocycles. The van der Waals surface area contributed by atoms with Gasteiger partial charge in [0.15, 0.2) is 5.82 Å². The van der Waals surface area contributed by atoms with Crippen LogP contribution in [0.5, 0.6) is 5.75 Å². The molecule has 1 heterocycles. The molecule has 2 aromatic carbocycles. The third-order valence-electron chi connectivity index (χ3n) is 4.05. The minimum atomic E-state index is -4.24. The molecule has 1 saturated heterocycles. The second-order valence-electron chi connectivity index (χ2n) is 6.69. The second-order valence-corrected chi connectivity index (χ2v) is 8.28. The lowest BCUT2D eigenvalue weighted by Gasteiger charge is -2.19. The Morgan fingerprint density at radius 2 is 2.04 bits per heavy atom. The number of anilines is 2. The normalized spacial score (nSPS) is 15.9. The van der Waals surface area contributed by atoms with Gasteiger partial charge in [0.2, 0.25) is 0 Å². The molecule has 0 radical (unpaired) electrons. The maximum Gasteiger partial charge on any atom is 0.326 e. The van der Waals surface area contributed by atoms with Gasteiger partial charge in [0, 0.05) is 17.8 Å². The van der Waals surface area contributed by atoms with Crippen molar-refractivity contribution < 1.29 is 22.7 Å². The van der Waals surface area contributed by atoms with E-state index in [2.05, 4.69) is 19.2 Å². The first kappa shape index (κ1) is 19.0. The van der Waals surface area contributed by atoms with E-state index in [9.17, 15) is 18.3 Å². The molecule has 9 heteroatoms. The van der Waals surface area contributed by atoms with Crippen molar-refractivity contribution in [2.45, 2.75) is 13.8 Å². The van der Waals surface area contributed by atoms with Crippen LogP contribution in [-0.2, 0) is 15.0 Å². The molecular formula is C18H20FN3O4S. The maximum absolute atomic E-state index is 15.2. The van der Waals surface area contributed by atoms with Gasteiger partial charge in [-0.05, 0) is 35.7 Å². The van der Waals surface area contributed by atoms with Crippen LogP contribution in [-0.4, -0.2) is 32.5 Å². The molecule has 2 aromatic rings. The summed E-state index contributed by atoms with van der Waals surface area (Å²) < 4.78 is 41.5. The van der Waals surface area contributed by atoms with Crippen LogP contribution in [0.1, 0.15) is 13.8 Å². The SMILES string of the molecule is CC(C)CNc1cccc(-c2ccc(O)c(N3CC(=O)NS3(=O)=O)c2F)c1. The lowest BCUT2D eigenvalue weighted by molar-refractivity contribution is -0.117. The zero-order valence-corrected chi connectivity index (χ0v) is 15.7. The smallest absolute Gasteiger partial charge is 0.326 e. The molecule has 0 spiro atoms. The largest absolute Gasteiger partial charge is 0.506 e. The Balaban J connectivity index is 2.04. The number of phenolic OH excluding ortho intramolecular Hbond substituents is 1. The van der Waals surface area contributed by atoms with Gasteiger partial charge in [-0.15, -0.1) is 0 Å². The van der Waals surface area contributed by atoms with Crippen molar-refractivity contribution in [3.63, 3.8) is 0 Å². The highest BCUT2D eigenvalue weighted by atomic mass is 32.2. The summed E-state index contributed by atoms with van der Waals surface area (Å²) >= 11 is 0. The standard InChI is InChI=1S/C18H20FN3O4S/c1-11(2)9-20-13-5-3-4-12(8-13)14-6-7-15(23)18(17(14)19)22-10-16(24)21-27(22,25)26/h3-8,11,20,23H,9-10H2,1-2H3,(H,21,24). The number of hydrogen-bond acceptors (Lipinski definition) is 5. The van der Waals surface area contributed by atoms with Gasteiger partial charge in [-0.2, -0.15) is 8.42 Å². The summed E-state index contributed by atoms with van der Waals surface area (Å²) in [6, 6.07) is 9.60. The number of benzene rings is 2. The van der Waals surface area contributed by atoms with Crippen molar-refractivity contribution in [2.75, 3.05) is 22.7 Å². The van der Waals surface area contributed by atoms with Gasteiger partial charge in [-0.25, -0.2) is 13.4 Å². The molecule has 0 aliphatic carbocycles. The molecular weight excluding hydrogens is 373 g/mol. The fourth-order valence-electron chi connectivity index (χ4n) is 2.78. The highest BCUT2D eigenvalue weighted by molar-refractivity contribution is 7.92. The van der Waals surface area contributed by atoms with Crippen LogP contribution in [0.4, 0.5) is 15.8 Å². The number of hydrogen-bond donors (Lipinski definition) is 3. The molecule has 7 nitrogen and oxygen atoms in total. The van der Waals surface area contributed by atoms with E-state index >= 15 is 4.39 Å². The third kappa shape index (κ3) is 3.82. The topological polar surface area (TPSA) is 98.7 Å². The molecule has 1 amide bonds. The molecule has 3 N–H and O–H groups in total. The lowest BCUT2D eigenvalue weighted by Crippen LogP contribution is -2.30. The number of aromatic hydroxyl groups is 1. The first-order chi connectivity index (χ1) is 12.7. The monoisotopic (exact) mass is 393 g/mol. The van der Waals surface area contributed by atoms with Crippen molar-refractivity contribution in [1.29, 1.82) is 0 Å². The van der Waals surface area contributed by atoms with Gasteiger partial charge in [0.1, 0.15) is 18.0 Å². The van der Waals surface area contributed by atoms with Gasteiger partial charge < -0.3 is 10.4 Å². The van der Waals surface area contributed by atoms with E-state index < -0.39 is 39.9 Å². The Hall–Kier alpha value is -2.81. The van der Waals surface area contributed by atoms with E-state index in [1.165, 1.54) is 12.1 Å². The molecule has 27 heavy (non-hydrogen) atoms. The average Bonchev–Trinajstić information content (AvgIpc) is 2.85. The van der Waals surface area contributed by atoms with Crippen LogP contribution in [0.2, 0.25) is 0 Å². The van der Waals surface area contributed by atoms with Crippen molar-refractivity contribution in [1.82, 2.24) is 4.72 Å². The molecule has 0 bridgehead atoms. The van der Waals surface area contributed by atoms with E-state index in [0.29, 0.717) is 15.8 Å². The maximum atomic E-state index is 15.2. The zero-order chi connectivity index (χ0) is 19.8. The van der Waals surface area contributed by atoms with Crippen molar-refractivity contribution in [2.24, 2.45) is 5.92 Å².